The third kappa shape index (κ3) is 4.73. The first-order valence-electron chi connectivity index (χ1n) is 8.65. The Kier molecular flexibility index (Phi) is 5.93. The second kappa shape index (κ2) is 8.35. The third-order valence-corrected chi connectivity index (χ3v) is 5.29. The molecule has 1 fully saturated rings. The zero-order valence-corrected chi connectivity index (χ0v) is 15.5. The van der Waals surface area contributed by atoms with Crippen molar-refractivity contribution < 1.29 is 4.79 Å². The average molecular weight is 360 g/mol. The summed E-state index contributed by atoms with van der Waals surface area (Å²) in [5.74, 6) is 0.574. The first-order valence-corrected chi connectivity index (χ1v) is 9.53. The van der Waals surface area contributed by atoms with E-state index in [1.54, 1.807) is 17.4 Å². The molecule has 0 radical (unpaired) electrons. The Bertz CT molecular complexity index is 695. The van der Waals surface area contributed by atoms with Gasteiger partial charge < -0.3 is 15.5 Å². The molecule has 7 nitrogen and oxygen atoms in total. The van der Waals surface area contributed by atoms with Gasteiger partial charge in [0, 0.05) is 18.5 Å². The van der Waals surface area contributed by atoms with E-state index in [0.29, 0.717) is 12.2 Å². The van der Waals surface area contributed by atoms with Gasteiger partial charge in [0.2, 0.25) is 0 Å². The highest BCUT2D eigenvalue weighted by Crippen LogP contribution is 2.15. The van der Waals surface area contributed by atoms with Gasteiger partial charge in [-0.1, -0.05) is 6.92 Å². The molecule has 3 rings (SSSR count). The molecule has 0 aliphatic carbocycles. The zero-order chi connectivity index (χ0) is 17.6. The average Bonchev–Trinajstić information content (AvgIpc) is 3.10. The molecule has 0 unspecified atom stereocenters. The lowest BCUT2D eigenvalue weighted by atomic mass is 10.1. The summed E-state index contributed by atoms with van der Waals surface area (Å²) < 4.78 is 0. The molecule has 2 aromatic heterocycles. The van der Waals surface area contributed by atoms with Crippen LogP contribution in [0.15, 0.2) is 17.5 Å². The van der Waals surface area contributed by atoms with Crippen molar-refractivity contribution in [1.29, 1.82) is 0 Å². The molecule has 0 atom stereocenters. The topological polar surface area (TPSA) is 83.0 Å². The van der Waals surface area contributed by atoms with E-state index in [0.717, 1.165) is 48.9 Å². The van der Waals surface area contributed by atoms with E-state index in [9.17, 15) is 4.79 Å². The Hall–Kier alpha value is -2.06. The van der Waals surface area contributed by atoms with E-state index in [-0.39, 0.29) is 11.9 Å². The molecular weight excluding hydrogens is 336 g/mol. The Labute approximate surface area is 151 Å². The van der Waals surface area contributed by atoms with Gasteiger partial charge in [-0.3, -0.25) is 4.79 Å². The van der Waals surface area contributed by atoms with E-state index < -0.39 is 0 Å². The lowest BCUT2D eigenvalue weighted by Gasteiger charge is -2.23. The number of nitrogens with one attached hydrogen (secondary N) is 2. The van der Waals surface area contributed by atoms with Crippen LogP contribution in [0.1, 0.15) is 41.0 Å². The van der Waals surface area contributed by atoms with Gasteiger partial charge in [-0.25, -0.2) is 4.98 Å². The molecule has 1 aliphatic heterocycles. The van der Waals surface area contributed by atoms with Crippen LogP contribution in [0.2, 0.25) is 0 Å². The number of piperidine rings is 1. The molecule has 1 saturated heterocycles. The number of carbonyl (C=O) groups is 1. The van der Waals surface area contributed by atoms with Crippen LogP contribution < -0.4 is 15.5 Å². The van der Waals surface area contributed by atoms with Crippen LogP contribution in [0, 0.1) is 0 Å². The molecule has 8 heteroatoms. The molecule has 0 saturated carbocycles. The Morgan fingerprint density at radius 3 is 2.80 bits per heavy atom. The number of aromatic nitrogens is 3. The van der Waals surface area contributed by atoms with Crippen LogP contribution in [0.4, 0.5) is 5.82 Å². The minimum atomic E-state index is -0.152. The second-order valence-corrected chi connectivity index (χ2v) is 7.16. The number of rotatable bonds is 6. The molecule has 2 N–H and O–H groups in total. The second-order valence-electron chi connectivity index (χ2n) is 6.22. The molecule has 1 amide bonds. The summed E-state index contributed by atoms with van der Waals surface area (Å²) in [7, 11) is 1.95. The lowest BCUT2D eigenvalue weighted by molar-refractivity contribution is 0.0923. The smallest absolute Gasteiger partial charge is 0.272 e. The molecule has 0 bridgehead atoms. The van der Waals surface area contributed by atoms with Crippen molar-refractivity contribution in [2.24, 2.45) is 0 Å². The van der Waals surface area contributed by atoms with E-state index in [1.165, 1.54) is 0 Å². The minimum Gasteiger partial charge on any atom is -0.352 e. The standard InChI is InChI=1S/C17H24N6OS/c1-3-16-19-13(11-25-16)10-23(2)15-5-4-14(21-22-15)17(24)20-12-6-8-18-9-7-12/h4-5,11-12,18H,3,6-10H2,1-2H3,(H,20,24). The molecule has 25 heavy (non-hydrogen) atoms. The summed E-state index contributed by atoms with van der Waals surface area (Å²) in [5.41, 5.74) is 1.39. The Morgan fingerprint density at radius 1 is 1.36 bits per heavy atom. The fourth-order valence-corrected chi connectivity index (χ4v) is 3.52. The Morgan fingerprint density at radius 2 is 2.16 bits per heavy atom. The monoisotopic (exact) mass is 360 g/mol. The number of thiazole rings is 1. The fraction of sp³-hybridized carbons (Fsp3) is 0.529. The van der Waals surface area contributed by atoms with Crippen molar-refractivity contribution in [3.63, 3.8) is 0 Å². The van der Waals surface area contributed by atoms with Gasteiger partial charge in [0.1, 0.15) is 0 Å². The number of hydrogen-bond acceptors (Lipinski definition) is 7. The molecule has 2 aromatic rings. The maximum absolute atomic E-state index is 12.3. The molecule has 0 aromatic carbocycles. The minimum absolute atomic E-state index is 0.152. The highest BCUT2D eigenvalue weighted by molar-refractivity contribution is 7.09. The van der Waals surface area contributed by atoms with Gasteiger partial charge in [-0.15, -0.1) is 21.5 Å². The van der Waals surface area contributed by atoms with Gasteiger partial charge in [0.15, 0.2) is 11.5 Å². The number of nitrogens with zero attached hydrogens (tertiary/aromatic N) is 4. The normalized spacial score (nSPS) is 15.1. The van der Waals surface area contributed by atoms with Gasteiger partial charge in [0.05, 0.1) is 17.2 Å². The number of anilines is 1. The van der Waals surface area contributed by atoms with Crippen molar-refractivity contribution in [2.45, 2.75) is 38.8 Å². The summed E-state index contributed by atoms with van der Waals surface area (Å²) in [5, 5.41) is 17.8. The summed E-state index contributed by atoms with van der Waals surface area (Å²) in [6, 6.07) is 3.78. The summed E-state index contributed by atoms with van der Waals surface area (Å²) in [4.78, 5) is 18.8. The lowest BCUT2D eigenvalue weighted by Crippen LogP contribution is -2.43. The fourth-order valence-electron chi connectivity index (χ4n) is 2.78. The van der Waals surface area contributed by atoms with Crippen LogP contribution >= 0.6 is 11.3 Å². The maximum Gasteiger partial charge on any atom is 0.272 e. The summed E-state index contributed by atoms with van der Waals surface area (Å²) in [6.45, 7) is 4.66. The van der Waals surface area contributed by atoms with E-state index in [1.807, 2.05) is 18.0 Å². The van der Waals surface area contributed by atoms with Gasteiger partial charge in [-0.2, -0.15) is 0 Å². The highest BCUT2D eigenvalue weighted by atomic mass is 32.1. The van der Waals surface area contributed by atoms with E-state index >= 15 is 0 Å². The van der Waals surface area contributed by atoms with Crippen molar-refractivity contribution in [2.75, 3.05) is 25.0 Å². The van der Waals surface area contributed by atoms with Crippen LogP contribution in [-0.2, 0) is 13.0 Å². The van der Waals surface area contributed by atoms with Crippen LogP contribution in [0.25, 0.3) is 0 Å². The van der Waals surface area contributed by atoms with Crippen LogP contribution in [-0.4, -0.2) is 47.3 Å². The number of amides is 1. The maximum atomic E-state index is 12.3. The Balaban J connectivity index is 1.57. The van der Waals surface area contributed by atoms with Crippen molar-refractivity contribution in [3.8, 4) is 0 Å². The number of hydrogen-bond donors (Lipinski definition) is 2. The predicted molar refractivity (Wildman–Crippen MR) is 99.0 cm³/mol. The van der Waals surface area contributed by atoms with E-state index in [2.05, 4.69) is 38.1 Å². The first kappa shape index (κ1) is 17.8. The predicted octanol–water partition coefficient (Wildman–Crippen LogP) is 1.61. The number of aryl methyl sites for hydroxylation is 1. The highest BCUT2D eigenvalue weighted by Gasteiger charge is 2.17. The third-order valence-electron chi connectivity index (χ3n) is 4.25. The first-order chi connectivity index (χ1) is 12.2. The molecule has 1 aliphatic rings. The van der Waals surface area contributed by atoms with Crippen LogP contribution in [0.5, 0.6) is 0 Å². The van der Waals surface area contributed by atoms with Crippen molar-refractivity contribution in [1.82, 2.24) is 25.8 Å². The van der Waals surface area contributed by atoms with Crippen molar-refractivity contribution >= 4 is 23.1 Å². The number of carbonyl (C=O) groups excluding carboxylic acids is 1. The zero-order valence-electron chi connectivity index (χ0n) is 14.7. The molecule has 0 spiro atoms. The van der Waals surface area contributed by atoms with Crippen molar-refractivity contribution in [3.05, 3.63) is 33.9 Å². The van der Waals surface area contributed by atoms with E-state index in [4.69, 9.17) is 0 Å². The summed E-state index contributed by atoms with van der Waals surface area (Å²) >= 11 is 1.68. The van der Waals surface area contributed by atoms with Crippen LogP contribution in [0.3, 0.4) is 0 Å². The summed E-state index contributed by atoms with van der Waals surface area (Å²) in [6.07, 6.45) is 2.86. The molecule has 3 heterocycles. The van der Waals surface area contributed by atoms with Gasteiger partial charge >= 0.3 is 0 Å². The quantitative estimate of drug-likeness (QED) is 0.814. The van der Waals surface area contributed by atoms with Gasteiger partial charge in [-0.05, 0) is 44.5 Å². The largest absolute Gasteiger partial charge is 0.352 e. The molecular formula is C17H24N6OS. The SMILES string of the molecule is CCc1nc(CN(C)c2ccc(C(=O)NC3CCNCC3)nn2)cs1. The van der Waals surface area contributed by atoms with Gasteiger partial charge in [0.25, 0.3) is 5.91 Å². The molecule has 134 valence electrons.